The molecule has 0 radical (unpaired) electrons. The molecule has 1 aromatic rings. The minimum atomic E-state index is -4.29. The molecule has 2 heterocycles. The highest BCUT2D eigenvalue weighted by Gasteiger charge is 2.69. The molecule has 3 fully saturated rings. The molecular formula is C21H24F3N3O4. The van der Waals surface area contributed by atoms with E-state index >= 15 is 0 Å². The van der Waals surface area contributed by atoms with Crippen LogP contribution in [0.3, 0.4) is 0 Å². The number of carbonyl (C=O) groups is 2. The first-order valence-electron chi connectivity index (χ1n) is 10.5. The van der Waals surface area contributed by atoms with E-state index in [1.807, 2.05) is 0 Å². The SMILES string of the molecule is O=C1NC(=O)[C@@]2(CC[C@@]3(O)[C@H]4Cc5ccc(O)cc5[C@@]3(CCN4CCC(F)(F)F)C2)N1. The summed E-state index contributed by atoms with van der Waals surface area (Å²) in [7, 11) is 0. The maximum absolute atomic E-state index is 12.9. The summed E-state index contributed by atoms with van der Waals surface area (Å²) >= 11 is 0. The highest BCUT2D eigenvalue weighted by Crippen LogP contribution is 2.60. The third-order valence-corrected chi connectivity index (χ3v) is 7.90. The number of hydrogen-bond donors (Lipinski definition) is 4. The van der Waals surface area contributed by atoms with Crippen LogP contribution in [-0.2, 0) is 16.6 Å². The molecule has 2 saturated heterocycles. The van der Waals surface area contributed by atoms with Gasteiger partial charge in [-0.2, -0.15) is 13.2 Å². The number of nitrogens with one attached hydrogen (secondary N) is 2. The first kappa shape index (κ1) is 20.6. The zero-order valence-corrected chi connectivity index (χ0v) is 16.8. The van der Waals surface area contributed by atoms with Gasteiger partial charge >= 0.3 is 12.2 Å². The van der Waals surface area contributed by atoms with Crippen LogP contribution >= 0.6 is 0 Å². The number of carbonyl (C=O) groups excluding carboxylic acids is 2. The zero-order valence-electron chi connectivity index (χ0n) is 16.8. The number of rotatable bonds is 2. The number of phenols is 1. The van der Waals surface area contributed by atoms with Gasteiger partial charge in [0.15, 0.2) is 0 Å². The maximum atomic E-state index is 12.9. The van der Waals surface area contributed by atoms with Crippen molar-refractivity contribution in [2.24, 2.45) is 0 Å². The van der Waals surface area contributed by atoms with Crippen molar-refractivity contribution in [1.29, 1.82) is 0 Å². The summed E-state index contributed by atoms with van der Waals surface area (Å²) in [5, 5.41) is 27.2. The molecule has 4 atom stereocenters. The van der Waals surface area contributed by atoms with Crippen LogP contribution in [0.1, 0.15) is 43.2 Å². The van der Waals surface area contributed by atoms with E-state index in [2.05, 4.69) is 10.6 Å². The third-order valence-electron chi connectivity index (χ3n) is 7.90. The van der Waals surface area contributed by atoms with E-state index in [-0.39, 0.29) is 31.6 Å². The molecule has 7 nitrogen and oxygen atoms in total. The molecule has 5 rings (SSSR count). The molecule has 1 spiro atoms. The number of likely N-dealkylation sites (tertiary alicyclic amines) is 1. The number of hydrogen-bond acceptors (Lipinski definition) is 5. The number of halogens is 3. The lowest BCUT2D eigenvalue weighted by Gasteiger charge is -2.65. The standard InChI is InChI=1S/C21H24F3N3O4/c22-21(23,24)6-8-27-7-5-18-11-19(16(29)25-17(30)26-19)3-4-20(18,31)15(27)9-12-1-2-13(28)10-14(12)18/h1-2,10,15,28,31H,3-9,11H2,(H2,25,26,29,30)/t15-,18-,19+,20-/m1/s1. The first-order valence-corrected chi connectivity index (χ1v) is 10.5. The maximum Gasteiger partial charge on any atom is 0.390 e. The monoisotopic (exact) mass is 439 g/mol. The Hall–Kier alpha value is -2.33. The highest BCUT2D eigenvalue weighted by molar-refractivity contribution is 6.07. The second kappa shape index (κ2) is 6.35. The Kier molecular flexibility index (Phi) is 4.21. The van der Waals surface area contributed by atoms with Crippen LogP contribution in [0.15, 0.2) is 18.2 Å². The fraction of sp³-hybridized carbons (Fsp3) is 0.619. The number of piperidine rings is 1. The number of amides is 3. The number of imide groups is 1. The number of aliphatic hydroxyl groups is 1. The Morgan fingerprint density at radius 3 is 2.65 bits per heavy atom. The van der Waals surface area contributed by atoms with Gasteiger partial charge in [0.1, 0.15) is 11.3 Å². The molecule has 4 N–H and O–H groups in total. The molecule has 2 aliphatic heterocycles. The van der Waals surface area contributed by atoms with Crippen LogP contribution in [0.2, 0.25) is 0 Å². The Bertz CT molecular complexity index is 970. The van der Waals surface area contributed by atoms with Crippen LogP contribution in [0.5, 0.6) is 5.75 Å². The van der Waals surface area contributed by atoms with Crippen LogP contribution in [0, 0.1) is 0 Å². The zero-order chi connectivity index (χ0) is 22.2. The average molecular weight is 439 g/mol. The molecular weight excluding hydrogens is 415 g/mol. The molecule has 10 heteroatoms. The summed E-state index contributed by atoms with van der Waals surface area (Å²) in [6.07, 6.45) is -4.09. The lowest BCUT2D eigenvalue weighted by Crippen LogP contribution is -2.76. The third kappa shape index (κ3) is 2.87. The predicted octanol–water partition coefficient (Wildman–Crippen LogP) is 1.71. The Morgan fingerprint density at radius 1 is 1.19 bits per heavy atom. The van der Waals surface area contributed by atoms with Crippen LogP contribution < -0.4 is 10.6 Å². The number of urea groups is 1. The number of phenolic OH excluding ortho intramolecular Hbond substituents is 1. The van der Waals surface area contributed by atoms with Gasteiger partial charge in [-0.15, -0.1) is 0 Å². The fourth-order valence-electron chi connectivity index (χ4n) is 6.51. The van der Waals surface area contributed by atoms with Crippen LogP contribution in [-0.4, -0.2) is 63.5 Å². The van der Waals surface area contributed by atoms with Crippen molar-refractivity contribution >= 4 is 11.9 Å². The van der Waals surface area contributed by atoms with Crippen molar-refractivity contribution in [3.63, 3.8) is 0 Å². The van der Waals surface area contributed by atoms with Gasteiger partial charge < -0.3 is 15.5 Å². The van der Waals surface area contributed by atoms with Crippen LogP contribution in [0.25, 0.3) is 0 Å². The van der Waals surface area contributed by atoms with Gasteiger partial charge in [-0.3, -0.25) is 15.0 Å². The smallest absolute Gasteiger partial charge is 0.390 e. The molecule has 1 aromatic carbocycles. The van der Waals surface area contributed by atoms with E-state index in [0.29, 0.717) is 19.4 Å². The largest absolute Gasteiger partial charge is 0.508 e. The number of fused-ring (bicyclic) bond motifs is 1. The molecule has 31 heavy (non-hydrogen) atoms. The second-order valence-corrected chi connectivity index (χ2v) is 9.39. The summed E-state index contributed by atoms with van der Waals surface area (Å²) in [6, 6.07) is 3.73. The van der Waals surface area contributed by atoms with Crippen molar-refractivity contribution in [3.05, 3.63) is 29.3 Å². The Morgan fingerprint density at radius 2 is 1.97 bits per heavy atom. The average Bonchev–Trinajstić information content (AvgIpc) is 2.94. The molecule has 0 aromatic heterocycles. The minimum absolute atomic E-state index is 0.0213. The van der Waals surface area contributed by atoms with Crippen molar-refractivity contribution in [1.82, 2.24) is 15.5 Å². The summed E-state index contributed by atoms with van der Waals surface area (Å²) in [4.78, 5) is 26.3. The van der Waals surface area contributed by atoms with Gasteiger partial charge in [0.25, 0.3) is 5.91 Å². The number of aromatic hydroxyl groups is 1. The molecule has 2 bridgehead atoms. The number of alkyl halides is 3. The quantitative estimate of drug-likeness (QED) is 0.526. The Balaban J connectivity index is 1.60. The first-order chi connectivity index (χ1) is 14.5. The highest BCUT2D eigenvalue weighted by atomic mass is 19.4. The van der Waals surface area contributed by atoms with Gasteiger partial charge in [-0.25, -0.2) is 4.79 Å². The van der Waals surface area contributed by atoms with Gasteiger partial charge in [-0.05, 0) is 61.9 Å². The van der Waals surface area contributed by atoms with Crippen molar-refractivity contribution in [2.75, 3.05) is 13.1 Å². The van der Waals surface area contributed by atoms with E-state index in [1.165, 1.54) is 6.07 Å². The predicted molar refractivity (Wildman–Crippen MR) is 102 cm³/mol. The molecule has 0 unspecified atom stereocenters. The van der Waals surface area contributed by atoms with Crippen LogP contribution in [0.4, 0.5) is 18.0 Å². The number of benzene rings is 1. The van der Waals surface area contributed by atoms with Gasteiger partial charge in [0.05, 0.1) is 12.0 Å². The number of nitrogens with zero attached hydrogens (tertiary/aromatic N) is 1. The summed E-state index contributed by atoms with van der Waals surface area (Å²) < 4.78 is 38.8. The lowest BCUT2D eigenvalue weighted by atomic mass is 9.46. The van der Waals surface area contributed by atoms with Crippen molar-refractivity contribution in [3.8, 4) is 5.75 Å². The van der Waals surface area contributed by atoms with E-state index in [9.17, 15) is 33.0 Å². The minimum Gasteiger partial charge on any atom is -0.508 e. The second-order valence-electron chi connectivity index (χ2n) is 9.39. The lowest BCUT2D eigenvalue weighted by molar-refractivity contribution is -0.188. The molecule has 3 amide bonds. The van der Waals surface area contributed by atoms with E-state index in [4.69, 9.17) is 0 Å². The normalized spacial score (nSPS) is 37.2. The molecule has 168 valence electrons. The van der Waals surface area contributed by atoms with Gasteiger partial charge in [0.2, 0.25) is 0 Å². The molecule has 4 aliphatic rings. The fourth-order valence-corrected chi connectivity index (χ4v) is 6.51. The van der Waals surface area contributed by atoms with Crippen molar-refractivity contribution < 1.29 is 33.0 Å². The summed E-state index contributed by atoms with van der Waals surface area (Å²) in [5.74, 6) is -0.426. The molecule has 2 aliphatic carbocycles. The van der Waals surface area contributed by atoms with E-state index in [1.54, 1.807) is 17.0 Å². The van der Waals surface area contributed by atoms with Gasteiger partial charge in [0, 0.05) is 18.0 Å². The topological polar surface area (TPSA) is 102 Å². The molecule has 1 saturated carbocycles. The Labute approximate surface area is 176 Å². The van der Waals surface area contributed by atoms with E-state index < -0.39 is 47.1 Å². The van der Waals surface area contributed by atoms with E-state index in [0.717, 1.165) is 11.1 Å². The summed E-state index contributed by atoms with van der Waals surface area (Å²) in [5.41, 5.74) is -1.97. The van der Waals surface area contributed by atoms with Gasteiger partial charge in [-0.1, -0.05) is 6.07 Å². The summed E-state index contributed by atoms with van der Waals surface area (Å²) in [6.45, 7) is 0.117. The van der Waals surface area contributed by atoms with Crippen molar-refractivity contribution in [2.45, 2.75) is 67.3 Å².